The second kappa shape index (κ2) is 7.23. The predicted molar refractivity (Wildman–Crippen MR) is 83.2 cm³/mol. The highest BCUT2D eigenvalue weighted by atomic mass is 35.5. The van der Waals surface area contributed by atoms with E-state index in [0.29, 0.717) is 10.8 Å². The zero-order valence-corrected chi connectivity index (χ0v) is 13.2. The molecule has 0 unspecified atom stereocenters. The van der Waals surface area contributed by atoms with Crippen molar-refractivity contribution in [2.45, 2.75) is 49.7 Å². The molecule has 5 heteroatoms. The van der Waals surface area contributed by atoms with Crippen LogP contribution in [0, 0.1) is 0 Å². The molecule has 110 valence electrons. The van der Waals surface area contributed by atoms with E-state index < -0.39 is 16.0 Å². The molecule has 1 aliphatic rings. The van der Waals surface area contributed by atoms with Crippen LogP contribution in [0.1, 0.15) is 38.2 Å². The molecule has 1 N–H and O–H groups in total. The van der Waals surface area contributed by atoms with Gasteiger partial charge in [-0.05, 0) is 37.5 Å². The van der Waals surface area contributed by atoms with E-state index in [1.165, 1.54) is 12.8 Å². The van der Waals surface area contributed by atoms with Crippen molar-refractivity contribution in [3.8, 4) is 0 Å². The van der Waals surface area contributed by atoms with Gasteiger partial charge in [0.05, 0.1) is 0 Å². The van der Waals surface area contributed by atoms with Gasteiger partial charge in [-0.15, -0.1) is 0 Å². The van der Waals surface area contributed by atoms with Crippen LogP contribution in [0.25, 0.3) is 0 Å². The molecular formula is C15H20ClNO2S. The van der Waals surface area contributed by atoms with Crippen LogP contribution < -0.4 is 5.32 Å². The topological polar surface area (TPSA) is 46.2 Å². The SMILES string of the molecule is C[C@H](C(=O)NC1CCCC1)[S@](=O)Cc1cccc(Cl)c1. The second-order valence-electron chi connectivity index (χ2n) is 5.29. The Hall–Kier alpha value is -0.870. The number of hydrogen-bond donors (Lipinski definition) is 1. The lowest BCUT2D eigenvalue weighted by Crippen LogP contribution is -2.40. The van der Waals surface area contributed by atoms with Gasteiger partial charge in [0.15, 0.2) is 0 Å². The summed E-state index contributed by atoms with van der Waals surface area (Å²) in [4.78, 5) is 12.1. The molecule has 1 amide bonds. The van der Waals surface area contributed by atoms with Crippen molar-refractivity contribution in [3.05, 3.63) is 34.9 Å². The molecule has 1 aromatic rings. The van der Waals surface area contributed by atoms with Gasteiger partial charge < -0.3 is 5.32 Å². The van der Waals surface area contributed by atoms with Gasteiger partial charge in [-0.2, -0.15) is 0 Å². The van der Waals surface area contributed by atoms with Crippen molar-refractivity contribution in [2.24, 2.45) is 0 Å². The first-order valence-corrected chi connectivity index (χ1v) is 8.74. The van der Waals surface area contributed by atoms with Crippen LogP contribution >= 0.6 is 11.6 Å². The van der Waals surface area contributed by atoms with E-state index in [2.05, 4.69) is 5.32 Å². The first kappa shape index (κ1) is 15.5. The third-order valence-electron chi connectivity index (χ3n) is 3.66. The average molecular weight is 314 g/mol. The van der Waals surface area contributed by atoms with Crippen LogP contribution in [0.2, 0.25) is 5.02 Å². The summed E-state index contributed by atoms with van der Waals surface area (Å²) in [6.45, 7) is 1.73. The zero-order valence-electron chi connectivity index (χ0n) is 11.6. The molecule has 0 radical (unpaired) electrons. The lowest BCUT2D eigenvalue weighted by Gasteiger charge is -2.16. The normalized spacial score (nSPS) is 18.7. The van der Waals surface area contributed by atoms with E-state index >= 15 is 0 Å². The minimum absolute atomic E-state index is 0.0998. The fourth-order valence-electron chi connectivity index (χ4n) is 2.42. The summed E-state index contributed by atoms with van der Waals surface area (Å²) in [5.74, 6) is 0.261. The first-order chi connectivity index (χ1) is 9.56. The smallest absolute Gasteiger partial charge is 0.235 e. The predicted octanol–water partition coefficient (Wildman–Crippen LogP) is 3.04. The molecule has 0 heterocycles. The van der Waals surface area contributed by atoms with E-state index in [1.54, 1.807) is 19.1 Å². The van der Waals surface area contributed by atoms with Gasteiger partial charge in [0.1, 0.15) is 5.25 Å². The van der Waals surface area contributed by atoms with Crippen molar-refractivity contribution < 1.29 is 9.00 Å². The van der Waals surface area contributed by atoms with Gasteiger partial charge in [0.2, 0.25) is 5.91 Å². The van der Waals surface area contributed by atoms with E-state index in [1.807, 2.05) is 12.1 Å². The number of halogens is 1. The summed E-state index contributed by atoms with van der Waals surface area (Å²) < 4.78 is 12.2. The quantitative estimate of drug-likeness (QED) is 0.908. The average Bonchev–Trinajstić information content (AvgIpc) is 2.90. The molecule has 0 saturated heterocycles. The van der Waals surface area contributed by atoms with Gasteiger partial charge in [0.25, 0.3) is 0 Å². The maximum atomic E-state index is 12.2. The number of benzene rings is 1. The lowest BCUT2D eigenvalue weighted by molar-refractivity contribution is -0.121. The molecule has 0 spiro atoms. The first-order valence-electron chi connectivity index (χ1n) is 6.98. The van der Waals surface area contributed by atoms with Gasteiger partial charge in [0, 0.05) is 27.6 Å². The molecule has 0 aliphatic heterocycles. The van der Waals surface area contributed by atoms with E-state index in [9.17, 15) is 9.00 Å². The van der Waals surface area contributed by atoms with Crippen LogP contribution in [-0.2, 0) is 21.3 Å². The lowest BCUT2D eigenvalue weighted by atomic mass is 10.2. The number of amides is 1. The van der Waals surface area contributed by atoms with Crippen molar-refractivity contribution in [1.82, 2.24) is 5.32 Å². The Kier molecular flexibility index (Phi) is 5.61. The molecule has 2 atom stereocenters. The second-order valence-corrected chi connectivity index (χ2v) is 7.48. The third-order valence-corrected chi connectivity index (χ3v) is 5.52. The Labute approximate surface area is 127 Å². The molecular weight excluding hydrogens is 294 g/mol. The van der Waals surface area contributed by atoms with E-state index in [0.717, 1.165) is 18.4 Å². The van der Waals surface area contributed by atoms with Crippen LogP contribution in [0.3, 0.4) is 0 Å². The summed E-state index contributed by atoms with van der Waals surface area (Å²) in [6.07, 6.45) is 4.43. The summed E-state index contributed by atoms with van der Waals surface area (Å²) >= 11 is 5.91. The van der Waals surface area contributed by atoms with Gasteiger partial charge in [-0.3, -0.25) is 9.00 Å². The Morgan fingerprint density at radius 2 is 2.15 bits per heavy atom. The molecule has 1 saturated carbocycles. The molecule has 2 rings (SSSR count). The van der Waals surface area contributed by atoms with Crippen LogP contribution in [-0.4, -0.2) is 21.4 Å². The molecule has 20 heavy (non-hydrogen) atoms. The molecule has 3 nitrogen and oxygen atoms in total. The van der Waals surface area contributed by atoms with Crippen molar-refractivity contribution in [2.75, 3.05) is 0 Å². The van der Waals surface area contributed by atoms with Crippen LogP contribution in [0.5, 0.6) is 0 Å². The Balaban J connectivity index is 1.89. The van der Waals surface area contributed by atoms with Crippen LogP contribution in [0.15, 0.2) is 24.3 Å². The van der Waals surface area contributed by atoms with Gasteiger partial charge in [-0.1, -0.05) is 36.6 Å². The standard InChI is InChI=1S/C15H20ClNO2S/c1-11(15(18)17-14-7-2-3-8-14)20(19)10-12-5-4-6-13(16)9-12/h4-6,9,11,14H,2-3,7-8,10H2,1H3,(H,17,18)/t11-,20-/m1/s1. The third kappa shape index (κ3) is 4.32. The molecule has 1 aromatic carbocycles. The maximum absolute atomic E-state index is 12.2. The number of carbonyl (C=O) groups excluding carboxylic acids is 1. The summed E-state index contributed by atoms with van der Waals surface area (Å²) in [6, 6.07) is 7.56. The maximum Gasteiger partial charge on any atom is 0.235 e. The number of rotatable bonds is 5. The Bertz CT molecular complexity index is 500. The molecule has 1 aliphatic carbocycles. The van der Waals surface area contributed by atoms with Crippen molar-refractivity contribution in [3.63, 3.8) is 0 Å². The van der Waals surface area contributed by atoms with Gasteiger partial charge in [-0.25, -0.2) is 0 Å². The fraction of sp³-hybridized carbons (Fsp3) is 0.533. The number of hydrogen-bond acceptors (Lipinski definition) is 2. The largest absolute Gasteiger partial charge is 0.352 e. The van der Waals surface area contributed by atoms with Crippen molar-refractivity contribution in [1.29, 1.82) is 0 Å². The van der Waals surface area contributed by atoms with Crippen molar-refractivity contribution >= 4 is 28.3 Å². The van der Waals surface area contributed by atoms with E-state index in [4.69, 9.17) is 11.6 Å². The van der Waals surface area contributed by atoms with Gasteiger partial charge >= 0.3 is 0 Å². The highest BCUT2D eigenvalue weighted by Crippen LogP contribution is 2.18. The Morgan fingerprint density at radius 1 is 1.45 bits per heavy atom. The van der Waals surface area contributed by atoms with Crippen LogP contribution in [0.4, 0.5) is 0 Å². The summed E-state index contributed by atoms with van der Waals surface area (Å²) in [5.41, 5.74) is 0.899. The van der Waals surface area contributed by atoms with E-state index in [-0.39, 0.29) is 11.9 Å². The highest BCUT2D eigenvalue weighted by molar-refractivity contribution is 7.85. The summed E-state index contributed by atoms with van der Waals surface area (Å²) in [7, 11) is -1.22. The monoisotopic (exact) mass is 313 g/mol. The summed E-state index contributed by atoms with van der Waals surface area (Å²) in [5, 5.41) is 3.13. The highest BCUT2D eigenvalue weighted by Gasteiger charge is 2.24. The number of carbonyl (C=O) groups is 1. The minimum atomic E-state index is -1.22. The fourth-order valence-corrected chi connectivity index (χ4v) is 3.70. The molecule has 0 bridgehead atoms. The molecule has 1 fully saturated rings. The number of nitrogens with one attached hydrogen (secondary N) is 1. The Morgan fingerprint density at radius 3 is 2.80 bits per heavy atom. The zero-order chi connectivity index (χ0) is 14.5. The molecule has 0 aromatic heterocycles. The minimum Gasteiger partial charge on any atom is -0.352 e.